The molecule has 5 N–H and O–H groups in total. The maximum atomic E-state index is 11.8. The van der Waals surface area contributed by atoms with Gasteiger partial charge in [0.2, 0.25) is 0 Å². The molecule has 0 aliphatic heterocycles. The summed E-state index contributed by atoms with van der Waals surface area (Å²) < 4.78 is 0. The molecule has 2 aromatic rings. The normalized spacial score (nSPS) is 9.60. The molecule has 0 fully saturated rings. The topological polar surface area (TPSA) is 96.2 Å². The van der Waals surface area contributed by atoms with Crippen molar-refractivity contribution in [1.29, 1.82) is 0 Å². The van der Waals surface area contributed by atoms with Crippen molar-refractivity contribution in [3.63, 3.8) is 0 Å². The second-order valence-electron chi connectivity index (χ2n) is 4.02. The van der Waals surface area contributed by atoms with Crippen LogP contribution in [0.4, 0.5) is 26.7 Å². The van der Waals surface area contributed by atoms with Crippen LogP contribution >= 0.6 is 0 Å². The van der Waals surface area contributed by atoms with Crippen molar-refractivity contribution in [2.45, 2.75) is 0 Å². The van der Waals surface area contributed by atoms with Gasteiger partial charge in [0.15, 0.2) is 0 Å². The van der Waals surface area contributed by atoms with Gasteiger partial charge in [-0.25, -0.2) is 9.59 Å². The highest BCUT2D eigenvalue weighted by atomic mass is 16.2. The van der Waals surface area contributed by atoms with Gasteiger partial charge in [-0.05, 0) is 30.3 Å². The highest BCUT2D eigenvalue weighted by molar-refractivity contribution is 6.00. The molecule has 0 unspecified atom stereocenters. The Balaban J connectivity index is 1.99. The first-order chi connectivity index (χ1) is 9.63. The van der Waals surface area contributed by atoms with Crippen molar-refractivity contribution in [2.24, 2.45) is 5.73 Å². The lowest BCUT2D eigenvalue weighted by molar-refractivity contribution is 0.259. The molecule has 6 nitrogen and oxygen atoms in total. The van der Waals surface area contributed by atoms with Gasteiger partial charge in [0.25, 0.3) is 0 Å². The zero-order valence-electron chi connectivity index (χ0n) is 10.6. The minimum Gasteiger partial charge on any atom is -0.351 e. The second kappa shape index (κ2) is 6.24. The number of primary amides is 1. The van der Waals surface area contributed by atoms with E-state index in [1.165, 1.54) is 0 Å². The summed E-state index contributed by atoms with van der Waals surface area (Å²) in [4.78, 5) is 22.5. The van der Waals surface area contributed by atoms with E-state index < -0.39 is 6.03 Å². The number of urea groups is 2. The average Bonchev–Trinajstić information content (AvgIpc) is 2.39. The molecular weight excluding hydrogens is 256 g/mol. The van der Waals surface area contributed by atoms with Gasteiger partial charge in [-0.1, -0.05) is 24.3 Å². The molecule has 0 saturated carbocycles. The number of carbonyl (C=O) groups is 2. The van der Waals surface area contributed by atoms with E-state index in [-0.39, 0.29) is 6.03 Å². The molecule has 6 heteroatoms. The van der Waals surface area contributed by atoms with Gasteiger partial charge < -0.3 is 21.7 Å². The SMILES string of the molecule is NC(=O)Nc1cccc(NC(=O)Nc2ccccc2)c1. The third-order valence-electron chi connectivity index (χ3n) is 2.42. The fourth-order valence-corrected chi connectivity index (χ4v) is 1.63. The average molecular weight is 270 g/mol. The summed E-state index contributed by atoms with van der Waals surface area (Å²) in [7, 11) is 0. The number of nitrogens with one attached hydrogen (secondary N) is 3. The van der Waals surface area contributed by atoms with Crippen LogP contribution in [0.25, 0.3) is 0 Å². The van der Waals surface area contributed by atoms with E-state index in [2.05, 4.69) is 16.0 Å². The maximum absolute atomic E-state index is 11.8. The summed E-state index contributed by atoms with van der Waals surface area (Å²) in [6, 6.07) is 14.7. The molecule has 0 aromatic heterocycles. The molecule has 0 bridgehead atoms. The first-order valence-corrected chi connectivity index (χ1v) is 5.93. The van der Waals surface area contributed by atoms with Crippen LogP contribution in [0.5, 0.6) is 0 Å². The highest BCUT2D eigenvalue weighted by Gasteiger charge is 2.03. The molecule has 0 aliphatic rings. The lowest BCUT2D eigenvalue weighted by Gasteiger charge is -2.09. The van der Waals surface area contributed by atoms with Gasteiger partial charge in [-0.15, -0.1) is 0 Å². The monoisotopic (exact) mass is 270 g/mol. The van der Waals surface area contributed by atoms with Crippen LogP contribution in [0.3, 0.4) is 0 Å². The van der Waals surface area contributed by atoms with Crippen molar-refractivity contribution < 1.29 is 9.59 Å². The summed E-state index contributed by atoms with van der Waals surface area (Å²) in [5.74, 6) is 0. The molecule has 2 aromatic carbocycles. The molecule has 2 rings (SSSR count). The quantitative estimate of drug-likeness (QED) is 0.690. The fourth-order valence-electron chi connectivity index (χ4n) is 1.63. The lowest BCUT2D eigenvalue weighted by Crippen LogP contribution is -2.21. The van der Waals surface area contributed by atoms with Crippen molar-refractivity contribution in [3.8, 4) is 0 Å². The first-order valence-electron chi connectivity index (χ1n) is 5.93. The van der Waals surface area contributed by atoms with Crippen LogP contribution < -0.4 is 21.7 Å². The Hall–Kier alpha value is -3.02. The Bertz CT molecular complexity index is 614. The van der Waals surface area contributed by atoms with Crippen molar-refractivity contribution in [2.75, 3.05) is 16.0 Å². The van der Waals surface area contributed by atoms with Crippen LogP contribution in [0.15, 0.2) is 54.6 Å². The van der Waals surface area contributed by atoms with Gasteiger partial charge in [0, 0.05) is 17.1 Å². The van der Waals surface area contributed by atoms with E-state index in [0.717, 1.165) is 0 Å². The van der Waals surface area contributed by atoms with Gasteiger partial charge in [0.05, 0.1) is 0 Å². The number of amides is 4. The smallest absolute Gasteiger partial charge is 0.323 e. The van der Waals surface area contributed by atoms with Gasteiger partial charge in [-0.3, -0.25) is 0 Å². The molecule has 20 heavy (non-hydrogen) atoms. The van der Waals surface area contributed by atoms with E-state index in [4.69, 9.17) is 5.73 Å². The standard InChI is InChI=1S/C14H14N4O2/c15-13(19)16-11-7-4-8-12(9-11)18-14(20)17-10-5-2-1-3-6-10/h1-9H,(H3,15,16,19)(H2,17,18,20). The van der Waals surface area contributed by atoms with E-state index in [9.17, 15) is 9.59 Å². The third kappa shape index (κ3) is 4.02. The van der Waals surface area contributed by atoms with E-state index in [0.29, 0.717) is 17.1 Å². The second-order valence-corrected chi connectivity index (χ2v) is 4.02. The van der Waals surface area contributed by atoms with Crippen molar-refractivity contribution in [3.05, 3.63) is 54.6 Å². The molecule has 0 saturated heterocycles. The molecule has 0 heterocycles. The molecule has 0 atom stereocenters. The highest BCUT2D eigenvalue weighted by Crippen LogP contribution is 2.15. The Morgan fingerprint density at radius 1 is 0.750 bits per heavy atom. The first kappa shape index (κ1) is 13.4. The van der Waals surface area contributed by atoms with Crippen LogP contribution in [0.2, 0.25) is 0 Å². The zero-order valence-corrected chi connectivity index (χ0v) is 10.6. The lowest BCUT2D eigenvalue weighted by atomic mass is 10.3. The number of rotatable bonds is 3. The number of carbonyl (C=O) groups excluding carboxylic acids is 2. The number of para-hydroxylation sites is 1. The Kier molecular flexibility index (Phi) is 4.18. The largest absolute Gasteiger partial charge is 0.351 e. The summed E-state index contributed by atoms with van der Waals surface area (Å²) in [6.07, 6.45) is 0. The summed E-state index contributed by atoms with van der Waals surface area (Å²) in [5.41, 5.74) is 6.77. The van der Waals surface area contributed by atoms with Crippen LogP contribution in [0.1, 0.15) is 0 Å². The molecular formula is C14H14N4O2. The van der Waals surface area contributed by atoms with E-state index >= 15 is 0 Å². The Morgan fingerprint density at radius 2 is 1.30 bits per heavy atom. The Labute approximate surface area is 116 Å². The minimum atomic E-state index is -0.657. The molecule has 102 valence electrons. The Morgan fingerprint density at radius 3 is 1.95 bits per heavy atom. The maximum Gasteiger partial charge on any atom is 0.323 e. The number of nitrogens with two attached hydrogens (primary N) is 1. The van der Waals surface area contributed by atoms with Crippen LogP contribution in [0, 0.1) is 0 Å². The number of hydrogen-bond acceptors (Lipinski definition) is 2. The molecule has 0 radical (unpaired) electrons. The molecule has 0 aliphatic carbocycles. The predicted octanol–water partition coefficient (Wildman–Crippen LogP) is 2.82. The number of hydrogen-bond donors (Lipinski definition) is 4. The predicted molar refractivity (Wildman–Crippen MR) is 78.7 cm³/mol. The number of benzene rings is 2. The number of anilines is 3. The van der Waals surface area contributed by atoms with Crippen LogP contribution in [-0.2, 0) is 0 Å². The molecule has 0 spiro atoms. The van der Waals surface area contributed by atoms with E-state index in [1.807, 2.05) is 18.2 Å². The van der Waals surface area contributed by atoms with Crippen molar-refractivity contribution >= 4 is 29.1 Å². The van der Waals surface area contributed by atoms with E-state index in [1.54, 1.807) is 36.4 Å². The van der Waals surface area contributed by atoms with Gasteiger partial charge >= 0.3 is 12.1 Å². The summed E-state index contributed by atoms with van der Waals surface area (Å²) in [6.45, 7) is 0. The van der Waals surface area contributed by atoms with Crippen LogP contribution in [-0.4, -0.2) is 12.1 Å². The molecule has 4 amide bonds. The van der Waals surface area contributed by atoms with Gasteiger partial charge in [-0.2, -0.15) is 0 Å². The minimum absolute atomic E-state index is 0.368. The van der Waals surface area contributed by atoms with Crippen molar-refractivity contribution in [1.82, 2.24) is 0 Å². The third-order valence-corrected chi connectivity index (χ3v) is 2.42. The van der Waals surface area contributed by atoms with Gasteiger partial charge in [0.1, 0.15) is 0 Å². The summed E-state index contributed by atoms with van der Waals surface area (Å²) >= 11 is 0. The fraction of sp³-hybridized carbons (Fsp3) is 0. The zero-order chi connectivity index (χ0) is 14.4. The summed E-state index contributed by atoms with van der Waals surface area (Å²) in [5, 5.41) is 7.79.